The monoisotopic (exact) mass is 369 g/mol. The minimum atomic E-state index is 0.229. The number of thioether (sulfide) groups is 1. The van der Waals surface area contributed by atoms with E-state index in [1.54, 1.807) is 11.3 Å². The summed E-state index contributed by atoms with van der Waals surface area (Å²) in [5.74, 6) is 0.715. The first-order chi connectivity index (χ1) is 11.2. The molecular formula is C16H23N3OS3. The molecule has 2 aliphatic heterocycles. The minimum absolute atomic E-state index is 0.229. The standard InChI is InChI=1S/C16H23N3OS3/c20-15(13-23-16(21)19-5-1-2-6-19)18-9-7-17(8-10-18)12-14-4-3-11-22-14/h3-4,11H,1-2,5-10,12-13H2. The summed E-state index contributed by atoms with van der Waals surface area (Å²) in [5.41, 5.74) is 0. The normalized spacial score (nSPS) is 19.3. The molecule has 0 aliphatic carbocycles. The molecular weight excluding hydrogens is 346 g/mol. The summed E-state index contributed by atoms with van der Waals surface area (Å²) in [6.45, 7) is 6.72. The molecule has 3 rings (SSSR count). The lowest BCUT2D eigenvalue weighted by molar-refractivity contribution is -0.130. The third kappa shape index (κ3) is 4.92. The summed E-state index contributed by atoms with van der Waals surface area (Å²) in [6.07, 6.45) is 2.45. The van der Waals surface area contributed by atoms with Crippen LogP contribution in [0.2, 0.25) is 0 Å². The van der Waals surface area contributed by atoms with Gasteiger partial charge in [0.15, 0.2) is 0 Å². The van der Waals surface area contributed by atoms with E-state index < -0.39 is 0 Å². The van der Waals surface area contributed by atoms with Crippen LogP contribution < -0.4 is 0 Å². The fourth-order valence-corrected chi connectivity index (χ4v) is 4.88. The fraction of sp³-hybridized carbons (Fsp3) is 0.625. The van der Waals surface area contributed by atoms with Crippen LogP contribution in [0.1, 0.15) is 17.7 Å². The molecule has 0 radical (unpaired) electrons. The zero-order valence-corrected chi connectivity index (χ0v) is 15.7. The van der Waals surface area contributed by atoms with E-state index in [9.17, 15) is 4.79 Å². The Labute approximate surface area is 151 Å². The van der Waals surface area contributed by atoms with Crippen molar-refractivity contribution in [2.24, 2.45) is 0 Å². The molecule has 4 nitrogen and oxygen atoms in total. The van der Waals surface area contributed by atoms with Gasteiger partial charge in [-0.1, -0.05) is 30.0 Å². The molecule has 3 heterocycles. The Kier molecular flexibility index (Phi) is 6.33. The molecule has 0 bridgehead atoms. The summed E-state index contributed by atoms with van der Waals surface area (Å²) < 4.78 is 0.896. The average molecular weight is 370 g/mol. The van der Waals surface area contributed by atoms with Crippen molar-refractivity contribution in [1.82, 2.24) is 14.7 Å². The summed E-state index contributed by atoms with van der Waals surface area (Å²) in [5, 5.41) is 2.12. The number of nitrogens with zero attached hydrogens (tertiary/aromatic N) is 3. The number of rotatable bonds is 4. The van der Waals surface area contributed by atoms with E-state index in [2.05, 4.69) is 27.3 Å². The molecule has 2 aliphatic rings. The lowest BCUT2D eigenvalue weighted by Gasteiger charge is -2.34. The van der Waals surface area contributed by atoms with Crippen LogP contribution >= 0.6 is 35.3 Å². The van der Waals surface area contributed by atoms with Crippen molar-refractivity contribution >= 4 is 45.5 Å². The first-order valence-electron chi connectivity index (χ1n) is 8.16. The van der Waals surface area contributed by atoms with E-state index in [0.717, 1.165) is 50.1 Å². The van der Waals surface area contributed by atoms with Crippen LogP contribution in [-0.4, -0.2) is 69.9 Å². The number of amides is 1. The average Bonchev–Trinajstić information content (AvgIpc) is 3.26. The van der Waals surface area contributed by atoms with Crippen LogP contribution in [0.4, 0.5) is 0 Å². The number of piperazine rings is 1. The van der Waals surface area contributed by atoms with Crippen molar-refractivity contribution < 1.29 is 4.79 Å². The second kappa shape index (κ2) is 8.46. The first kappa shape index (κ1) is 17.2. The second-order valence-corrected chi connectivity index (χ2v) is 8.63. The Balaban J connectivity index is 1.37. The minimum Gasteiger partial charge on any atom is -0.358 e. The van der Waals surface area contributed by atoms with Crippen LogP contribution in [0.25, 0.3) is 0 Å². The Hall–Kier alpha value is -0.630. The molecule has 1 aromatic rings. The number of thiophene rings is 1. The maximum atomic E-state index is 12.4. The maximum absolute atomic E-state index is 12.4. The van der Waals surface area contributed by atoms with Crippen LogP contribution in [0, 0.1) is 0 Å². The molecule has 0 saturated carbocycles. The van der Waals surface area contributed by atoms with Crippen molar-refractivity contribution in [2.75, 3.05) is 45.0 Å². The largest absolute Gasteiger partial charge is 0.358 e. The Morgan fingerprint density at radius 2 is 1.87 bits per heavy atom. The fourth-order valence-electron chi connectivity index (χ4n) is 2.98. The lowest BCUT2D eigenvalue weighted by Crippen LogP contribution is -2.48. The number of carbonyl (C=O) groups excluding carboxylic acids is 1. The highest BCUT2D eigenvalue weighted by molar-refractivity contribution is 8.23. The molecule has 0 aromatic carbocycles. The highest BCUT2D eigenvalue weighted by atomic mass is 32.2. The molecule has 1 amide bonds. The molecule has 2 saturated heterocycles. The van der Waals surface area contributed by atoms with Crippen molar-refractivity contribution in [3.63, 3.8) is 0 Å². The van der Waals surface area contributed by atoms with Crippen molar-refractivity contribution in [3.05, 3.63) is 22.4 Å². The van der Waals surface area contributed by atoms with Gasteiger partial charge in [0.05, 0.1) is 5.75 Å². The maximum Gasteiger partial charge on any atom is 0.233 e. The predicted octanol–water partition coefficient (Wildman–Crippen LogP) is 2.51. The Morgan fingerprint density at radius 3 is 2.52 bits per heavy atom. The van der Waals surface area contributed by atoms with Gasteiger partial charge in [-0.05, 0) is 24.3 Å². The van der Waals surface area contributed by atoms with E-state index in [1.807, 2.05) is 4.90 Å². The predicted molar refractivity (Wildman–Crippen MR) is 102 cm³/mol. The lowest BCUT2D eigenvalue weighted by atomic mass is 10.3. The van der Waals surface area contributed by atoms with Crippen LogP contribution in [0.15, 0.2) is 17.5 Å². The molecule has 0 spiro atoms. The molecule has 0 unspecified atom stereocenters. The van der Waals surface area contributed by atoms with Crippen molar-refractivity contribution in [3.8, 4) is 0 Å². The highest BCUT2D eigenvalue weighted by Crippen LogP contribution is 2.18. The summed E-state index contributed by atoms with van der Waals surface area (Å²) in [7, 11) is 0. The van der Waals surface area contributed by atoms with Crippen molar-refractivity contribution in [1.29, 1.82) is 0 Å². The number of hydrogen-bond acceptors (Lipinski definition) is 5. The van der Waals surface area contributed by atoms with E-state index in [4.69, 9.17) is 12.2 Å². The summed E-state index contributed by atoms with van der Waals surface area (Å²) in [6, 6.07) is 4.28. The number of carbonyl (C=O) groups is 1. The number of hydrogen-bond donors (Lipinski definition) is 0. The van der Waals surface area contributed by atoms with Gasteiger partial charge < -0.3 is 9.80 Å². The van der Waals surface area contributed by atoms with E-state index in [0.29, 0.717) is 5.75 Å². The number of likely N-dealkylation sites (tertiary alicyclic amines) is 1. The van der Waals surface area contributed by atoms with Crippen LogP contribution in [0.5, 0.6) is 0 Å². The summed E-state index contributed by atoms with van der Waals surface area (Å²) >= 11 is 8.76. The molecule has 0 N–H and O–H groups in total. The quantitative estimate of drug-likeness (QED) is 0.760. The first-order valence-corrected chi connectivity index (χ1v) is 10.4. The SMILES string of the molecule is O=C(CSC(=S)N1CCCC1)N1CCN(Cc2cccs2)CC1. The zero-order chi connectivity index (χ0) is 16.1. The van der Waals surface area contributed by atoms with Crippen molar-refractivity contribution in [2.45, 2.75) is 19.4 Å². The van der Waals surface area contributed by atoms with Gasteiger partial charge in [-0.3, -0.25) is 9.69 Å². The van der Waals surface area contributed by atoms with Gasteiger partial charge in [0.2, 0.25) is 5.91 Å². The smallest absolute Gasteiger partial charge is 0.233 e. The van der Waals surface area contributed by atoms with Gasteiger partial charge in [-0.15, -0.1) is 11.3 Å². The number of thiocarbonyl (C=S) groups is 1. The summed E-state index contributed by atoms with van der Waals surface area (Å²) in [4.78, 5) is 20.4. The molecule has 1 aromatic heterocycles. The molecule has 126 valence electrons. The molecule has 7 heteroatoms. The van der Waals surface area contributed by atoms with E-state index in [1.165, 1.54) is 29.5 Å². The molecule has 2 fully saturated rings. The zero-order valence-electron chi connectivity index (χ0n) is 13.3. The molecule has 0 atom stereocenters. The topological polar surface area (TPSA) is 26.8 Å². The van der Waals surface area contributed by atoms with Crippen LogP contribution in [-0.2, 0) is 11.3 Å². The van der Waals surface area contributed by atoms with E-state index in [-0.39, 0.29) is 5.91 Å². The van der Waals surface area contributed by atoms with Gasteiger partial charge in [0.25, 0.3) is 0 Å². The Bertz CT molecular complexity index is 521. The second-order valence-electron chi connectivity index (χ2n) is 5.99. The third-order valence-corrected chi connectivity index (χ3v) is 6.74. The molecule has 23 heavy (non-hydrogen) atoms. The van der Waals surface area contributed by atoms with Crippen LogP contribution in [0.3, 0.4) is 0 Å². The Morgan fingerprint density at radius 1 is 1.13 bits per heavy atom. The van der Waals surface area contributed by atoms with Gasteiger partial charge in [-0.25, -0.2) is 0 Å². The van der Waals surface area contributed by atoms with Gasteiger partial charge in [-0.2, -0.15) is 0 Å². The van der Waals surface area contributed by atoms with Gasteiger partial charge in [0, 0.05) is 50.7 Å². The van der Waals surface area contributed by atoms with E-state index >= 15 is 0 Å². The highest BCUT2D eigenvalue weighted by Gasteiger charge is 2.22. The van der Waals surface area contributed by atoms with Gasteiger partial charge in [0.1, 0.15) is 4.32 Å². The van der Waals surface area contributed by atoms with Gasteiger partial charge >= 0.3 is 0 Å². The third-order valence-electron chi connectivity index (χ3n) is 4.37.